The quantitative estimate of drug-likeness (QED) is 0.777. The molecule has 1 aliphatic rings. The normalized spacial score (nSPS) is 14.4. The third kappa shape index (κ3) is 4.50. The zero-order valence-corrected chi connectivity index (χ0v) is 14.7. The van der Waals surface area contributed by atoms with Gasteiger partial charge in [0.25, 0.3) is 0 Å². The van der Waals surface area contributed by atoms with Gasteiger partial charge in [0.05, 0.1) is 12.3 Å². The lowest BCUT2D eigenvalue weighted by Gasteiger charge is -2.34. The van der Waals surface area contributed by atoms with E-state index in [1.54, 1.807) is 4.90 Å². The summed E-state index contributed by atoms with van der Waals surface area (Å²) >= 11 is 0. The maximum Gasteiger partial charge on any atom is 0.409 e. The number of hydrogen-bond acceptors (Lipinski definition) is 4. The van der Waals surface area contributed by atoms with Crippen molar-refractivity contribution in [3.8, 4) is 11.3 Å². The van der Waals surface area contributed by atoms with Crippen LogP contribution in [0.5, 0.6) is 0 Å². The number of benzene rings is 1. The molecule has 0 N–H and O–H groups in total. The molecule has 0 radical (unpaired) electrons. The molecule has 2 heterocycles. The maximum atomic E-state index is 12.0. The number of amides is 1. The van der Waals surface area contributed by atoms with Crippen molar-refractivity contribution in [1.82, 2.24) is 9.88 Å². The smallest absolute Gasteiger partial charge is 0.409 e. The van der Waals surface area contributed by atoms with Gasteiger partial charge in [-0.3, -0.25) is 0 Å². The molecule has 0 aliphatic carbocycles. The fourth-order valence-corrected chi connectivity index (χ4v) is 2.88. The Balaban J connectivity index is 1.59. The average molecular weight is 339 g/mol. The molecule has 0 bridgehead atoms. The zero-order chi connectivity index (χ0) is 17.5. The summed E-state index contributed by atoms with van der Waals surface area (Å²) in [6.45, 7) is 5.48. The molecule has 1 aromatic carbocycles. The Morgan fingerprint density at radius 2 is 1.80 bits per heavy atom. The van der Waals surface area contributed by atoms with Crippen molar-refractivity contribution in [3.05, 3.63) is 48.5 Å². The molecule has 0 unspecified atom stereocenters. The fraction of sp³-hybridized carbons (Fsp3) is 0.400. The van der Waals surface area contributed by atoms with Crippen molar-refractivity contribution in [2.45, 2.75) is 19.8 Å². The molecule has 5 heteroatoms. The van der Waals surface area contributed by atoms with E-state index in [9.17, 15) is 4.79 Å². The minimum atomic E-state index is -0.195. The average Bonchev–Trinajstić information content (AvgIpc) is 2.69. The first-order valence-corrected chi connectivity index (χ1v) is 8.97. The number of carbonyl (C=O) groups is 1. The van der Waals surface area contributed by atoms with Gasteiger partial charge >= 0.3 is 6.09 Å². The summed E-state index contributed by atoms with van der Waals surface area (Å²) < 4.78 is 5.29. The number of unbranched alkanes of at least 4 members (excludes halogenated alkanes) is 1. The standard InChI is InChI=1S/C20H25N3O2/c1-2-3-16-25-20(24)23-14-12-22(13-15-23)19-11-7-10-18(21-19)17-8-5-4-6-9-17/h4-11H,2-3,12-16H2,1H3. The SMILES string of the molecule is CCCCOC(=O)N1CCN(c2cccc(-c3ccccc3)n2)CC1. The number of piperazine rings is 1. The number of rotatable bonds is 5. The largest absolute Gasteiger partial charge is 0.449 e. The van der Waals surface area contributed by atoms with Gasteiger partial charge in [0, 0.05) is 31.7 Å². The molecule has 1 aliphatic heterocycles. The molecule has 0 saturated carbocycles. The van der Waals surface area contributed by atoms with Gasteiger partial charge < -0.3 is 14.5 Å². The molecule has 1 saturated heterocycles. The third-order valence-electron chi connectivity index (χ3n) is 4.39. The van der Waals surface area contributed by atoms with E-state index in [2.05, 4.69) is 24.0 Å². The number of hydrogen-bond donors (Lipinski definition) is 0. The van der Waals surface area contributed by atoms with Crippen molar-refractivity contribution in [2.24, 2.45) is 0 Å². The summed E-state index contributed by atoms with van der Waals surface area (Å²) in [6, 6.07) is 16.3. The molecular formula is C20H25N3O2. The van der Waals surface area contributed by atoms with Crippen LogP contribution in [-0.2, 0) is 4.74 Å². The first-order valence-electron chi connectivity index (χ1n) is 8.97. The highest BCUT2D eigenvalue weighted by atomic mass is 16.6. The van der Waals surface area contributed by atoms with Crippen LogP contribution in [-0.4, -0.2) is 48.8 Å². The Bertz CT molecular complexity index is 682. The van der Waals surface area contributed by atoms with E-state index >= 15 is 0 Å². The highest BCUT2D eigenvalue weighted by molar-refractivity contribution is 5.68. The molecule has 0 atom stereocenters. The summed E-state index contributed by atoms with van der Waals surface area (Å²) in [5.41, 5.74) is 2.09. The van der Waals surface area contributed by atoms with Gasteiger partial charge in [0.2, 0.25) is 0 Å². The second-order valence-corrected chi connectivity index (χ2v) is 6.19. The Labute approximate surface area is 149 Å². The molecular weight excluding hydrogens is 314 g/mol. The van der Waals surface area contributed by atoms with Crippen LogP contribution in [0.1, 0.15) is 19.8 Å². The Morgan fingerprint density at radius 3 is 2.52 bits per heavy atom. The monoisotopic (exact) mass is 339 g/mol. The second-order valence-electron chi connectivity index (χ2n) is 6.19. The Hall–Kier alpha value is -2.56. The topological polar surface area (TPSA) is 45.7 Å². The van der Waals surface area contributed by atoms with E-state index in [0.29, 0.717) is 19.7 Å². The van der Waals surface area contributed by atoms with E-state index in [1.807, 2.05) is 36.4 Å². The summed E-state index contributed by atoms with van der Waals surface area (Å²) in [5.74, 6) is 0.959. The van der Waals surface area contributed by atoms with Crippen LogP contribution in [0.25, 0.3) is 11.3 Å². The number of pyridine rings is 1. The van der Waals surface area contributed by atoms with Crippen LogP contribution in [0.15, 0.2) is 48.5 Å². The molecule has 25 heavy (non-hydrogen) atoms. The van der Waals surface area contributed by atoms with Crippen LogP contribution in [0.3, 0.4) is 0 Å². The van der Waals surface area contributed by atoms with Crippen molar-refractivity contribution >= 4 is 11.9 Å². The molecule has 132 valence electrons. The van der Waals surface area contributed by atoms with Crippen LogP contribution in [0.2, 0.25) is 0 Å². The number of ether oxygens (including phenoxy) is 1. The molecule has 3 rings (SSSR count). The minimum Gasteiger partial charge on any atom is -0.449 e. The Kier molecular flexibility index (Phi) is 5.88. The predicted octanol–water partition coefficient (Wildman–Crippen LogP) is 3.81. The van der Waals surface area contributed by atoms with Gasteiger partial charge in [-0.15, -0.1) is 0 Å². The van der Waals surface area contributed by atoms with Crippen LogP contribution in [0, 0.1) is 0 Å². The lowest BCUT2D eigenvalue weighted by molar-refractivity contribution is 0.0989. The minimum absolute atomic E-state index is 0.195. The second kappa shape index (κ2) is 8.51. The first-order chi connectivity index (χ1) is 12.3. The van der Waals surface area contributed by atoms with Gasteiger partial charge in [-0.2, -0.15) is 0 Å². The lowest BCUT2D eigenvalue weighted by atomic mass is 10.1. The van der Waals surface area contributed by atoms with Gasteiger partial charge in [0.1, 0.15) is 5.82 Å². The zero-order valence-electron chi connectivity index (χ0n) is 14.7. The van der Waals surface area contributed by atoms with Crippen LogP contribution < -0.4 is 4.90 Å². The third-order valence-corrected chi connectivity index (χ3v) is 4.39. The van der Waals surface area contributed by atoms with Gasteiger partial charge in [-0.05, 0) is 18.6 Å². The fourth-order valence-electron chi connectivity index (χ4n) is 2.88. The molecule has 5 nitrogen and oxygen atoms in total. The Morgan fingerprint density at radius 1 is 1.04 bits per heavy atom. The van der Waals surface area contributed by atoms with Crippen molar-refractivity contribution < 1.29 is 9.53 Å². The van der Waals surface area contributed by atoms with E-state index in [1.165, 1.54) is 0 Å². The molecule has 1 amide bonds. The number of aromatic nitrogens is 1. The van der Waals surface area contributed by atoms with Crippen LogP contribution >= 0.6 is 0 Å². The molecule has 1 fully saturated rings. The van der Waals surface area contributed by atoms with Crippen molar-refractivity contribution in [3.63, 3.8) is 0 Å². The summed E-state index contributed by atoms with van der Waals surface area (Å²) in [4.78, 5) is 20.8. The number of anilines is 1. The maximum absolute atomic E-state index is 12.0. The van der Waals surface area contributed by atoms with Crippen LogP contribution in [0.4, 0.5) is 10.6 Å². The predicted molar refractivity (Wildman–Crippen MR) is 99.7 cm³/mol. The molecule has 0 spiro atoms. The molecule has 1 aromatic heterocycles. The first kappa shape index (κ1) is 17.3. The highest BCUT2D eigenvalue weighted by Crippen LogP contribution is 2.21. The van der Waals surface area contributed by atoms with Crippen molar-refractivity contribution in [2.75, 3.05) is 37.7 Å². The van der Waals surface area contributed by atoms with Gasteiger partial charge in [-0.25, -0.2) is 9.78 Å². The van der Waals surface area contributed by atoms with E-state index < -0.39 is 0 Å². The van der Waals surface area contributed by atoms with E-state index in [-0.39, 0.29) is 6.09 Å². The summed E-state index contributed by atoms with van der Waals surface area (Å²) in [5, 5.41) is 0. The number of nitrogens with zero attached hydrogens (tertiary/aromatic N) is 3. The van der Waals surface area contributed by atoms with E-state index in [4.69, 9.17) is 9.72 Å². The summed E-state index contributed by atoms with van der Waals surface area (Å²) in [7, 11) is 0. The lowest BCUT2D eigenvalue weighted by Crippen LogP contribution is -2.49. The van der Waals surface area contributed by atoms with Crippen molar-refractivity contribution in [1.29, 1.82) is 0 Å². The van der Waals surface area contributed by atoms with E-state index in [0.717, 1.165) is 43.0 Å². The summed E-state index contributed by atoms with van der Waals surface area (Å²) in [6.07, 6.45) is 1.76. The van der Waals surface area contributed by atoms with Gasteiger partial charge in [0.15, 0.2) is 0 Å². The molecule has 2 aromatic rings. The van der Waals surface area contributed by atoms with Gasteiger partial charge in [-0.1, -0.05) is 49.7 Å². The number of carbonyl (C=O) groups excluding carboxylic acids is 1. The highest BCUT2D eigenvalue weighted by Gasteiger charge is 2.22.